The fourth-order valence-electron chi connectivity index (χ4n) is 3.68. The van der Waals surface area contributed by atoms with Crippen LogP contribution in [-0.4, -0.2) is 35.5 Å². The molecular formula is C23H35N5O. The minimum absolute atomic E-state index is 0.524. The molecule has 0 bridgehead atoms. The lowest BCUT2D eigenvalue weighted by atomic mass is 10.1. The van der Waals surface area contributed by atoms with Gasteiger partial charge in [-0.2, -0.15) is 0 Å². The van der Waals surface area contributed by atoms with Crippen molar-refractivity contribution in [1.82, 2.24) is 20.5 Å². The summed E-state index contributed by atoms with van der Waals surface area (Å²) < 4.78 is 5.66. The lowest BCUT2D eigenvalue weighted by Gasteiger charge is -2.21. The van der Waals surface area contributed by atoms with E-state index in [2.05, 4.69) is 51.7 Å². The summed E-state index contributed by atoms with van der Waals surface area (Å²) in [6, 6.07) is 8.68. The molecule has 2 aromatic rings. The average molecular weight is 398 g/mol. The van der Waals surface area contributed by atoms with Gasteiger partial charge in [-0.1, -0.05) is 37.1 Å². The highest BCUT2D eigenvalue weighted by atomic mass is 16.4. The molecule has 158 valence electrons. The molecule has 0 spiro atoms. The summed E-state index contributed by atoms with van der Waals surface area (Å²) in [4.78, 5) is 11.8. The van der Waals surface area contributed by atoms with Crippen LogP contribution in [0.4, 0.5) is 0 Å². The van der Waals surface area contributed by atoms with Gasteiger partial charge < -0.3 is 15.1 Å². The van der Waals surface area contributed by atoms with Crippen LogP contribution in [0.2, 0.25) is 0 Å². The molecule has 1 aromatic heterocycles. The van der Waals surface area contributed by atoms with Crippen LogP contribution in [0, 0.1) is 13.8 Å². The number of aromatic nitrogens is 1. The Bertz CT molecular complexity index is 771. The molecule has 1 aromatic carbocycles. The Morgan fingerprint density at radius 1 is 1.07 bits per heavy atom. The summed E-state index contributed by atoms with van der Waals surface area (Å²) in [6.45, 7) is 11.4. The second-order valence-electron chi connectivity index (χ2n) is 7.76. The van der Waals surface area contributed by atoms with Gasteiger partial charge in [0.1, 0.15) is 5.76 Å². The van der Waals surface area contributed by atoms with E-state index in [0.717, 1.165) is 30.5 Å². The number of hydrogen-bond acceptors (Lipinski definition) is 4. The molecule has 1 aliphatic rings. The van der Waals surface area contributed by atoms with Gasteiger partial charge >= 0.3 is 0 Å². The number of guanidine groups is 1. The van der Waals surface area contributed by atoms with Crippen LogP contribution < -0.4 is 10.6 Å². The Morgan fingerprint density at radius 3 is 2.45 bits per heavy atom. The standard InChI is InChI=1S/C23H35N5O/c1-4-24-23(26-16-22-27-18(2)19(3)29-22)25-15-20-11-7-8-12-21(20)17-28-13-9-5-6-10-14-28/h7-8,11-12H,4-6,9-10,13-17H2,1-3H3,(H2,24,25,26). The summed E-state index contributed by atoms with van der Waals surface area (Å²) in [5, 5.41) is 6.64. The van der Waals surface area contributed by atoms with Crippen LogP contribution in [0.25, 0.3) is 0 Å². The summed E-state index contributed by atoms with van der Waals surface area (Å²) in [6.07, 6.45) is 5.36. The van der Waals surface area contributed by atoms with Crippen LogP contribution in [0.3, 0.4) is 0 Å². The molecule has 2 heterocycles. The first-order valence-corrected chi connectivity index (χ1v) is 10.9. The number of hydrogen-bond donors (Lipinski definition) is 2. The Morgan fingerprint density at radius 2 is 1.79 bits per heavy atom. The highest BCUT2D eigenvalue weighted by Crippen LogP contribution is 2.17. The number of likely N-dealkylation sites (tertiary alicyclic amines) is 1. The molecule has 0 aliphatic carbocycles. The van der Waals surface area contributed by atoms with Crippen molar-refractivity contribution in [1.29, 1.82) is 0 Å². The molecule has 0 amide bonds. The van der Waals surface area contributed by atoms with E-state index in [1.54, 1.807) is 0 Å². The van der Waals surface area contributed by atoms with Crippen LogP contribution in [0.15, 0.2) is 33.7 Å². The van der Waals surface area contributed by atoms with Crippen molar-refractivity contribution < 1.29 is 4.42 Å². The Kier molecular flexibility index (Phi) is 8.11. The number of aliphatic imine (C=N–C) groups is 1. The fourth-order valence-corrected chi connectivity index (χ4v) is 3.68. The van der Waals surface area contributed by atoms with Crippen molar-refractivity contribution in [2.45, 2.75) is 66.1 Å². The second kappa shape index (κ2) is 11.0. The number of aryl methyl sites for hydroxylation is 2. The van der Waals surface area contributed by atoms with E-state index in [-0.39, 0.29) is 0 Å². The fraction of sp³-hybridized carbons (Fsp3) is 0.565. The van der Waals surface area contributed by atoms with E-state index in [4.69, 9.17) is 9.41 Å². The lowest BCUT2D eigenvalue weighted by molar-refractivity contribution is 0.276. The Labute approximate surface area is 174 Å². The van der Waals surface area contributed by atoms with Gasteiger partial charge in [0.05, 0.1) is 18.8 Å². The van der Waals surface area contributed by atoms with Crippen LogP contribution in [-0.2, 0) is 19.6 Å². The van der Waals surface area contributed by atoms with Crippen molar-refractivity contribution in [2.24, 2.45) is 4.99 Å². The summed E-state index contributed by atoms with van der Waals surface area (Å²) >= 11 is 0. The van der Waals surface area contributed by atoms with E-state index in [0.29, 0.717) is 19.0 Å². The van der Waals surface area contributed by atoms with Gasteiger partial charge in [0, 0.05) is 13.1 Å². The molecule has 2 N–H and O–H groups in total. The predicted octanol–water partition coefficient (Wildman–Crippen LogP) is 3.92. The van der Waals surface area contributed by atoms with E-state index in [1.165, 1.54) is 49.9 Å². The minimum atomic E-state index is 0.524. The zero-order chi connectivity index (χ0) is 20.5. The molecule has 6 nitrogen and oxygen atoms in total. The van der Waals surface area contributed by atoms with Crippen molar-refractivity contribution in [2.75, 3.05) is 19.6 Å². The van der Waals surface area contributed by atoms with Crippen LogP contribution >= 0.6 is 0 Å². The molecule has 0 unspecified atom stereocenters. The van der Waals surface area contributed by atoms with Gasteiger partial charge in [-0.05, 0) is 57.8 Å². The Hall–Kier alpha value is -2.34. The van der Waals surface area contributed by atoms with Gasteiger partial charge in [-0.3, -0.25) is 4.90 Å². The lowest BCUT2D eigenvalue weighted by Crippen LogP contribution is -2.36. The smallest absolute Gasteiger partial charge is 0.214 e. The first kappa shape index (κ1) is 21.4. The molecule has 1 aliphatic heterocycles. The summed E-state index contributed by atoms with van der Waals surface area (Å²) in [7, 11) is 0. The zero-order valence-corrected chi connectivity index (χ0v) is 18.1. The second-order valence-corrected chi connectivity index (χ2v) is 7.76. The third-order valence-electron chi connectivity index (χ3n) is 5.44. The number of benzene rings is 1. The molecule has 1 saturated heterocycles. The van der Waals surface area contributed by atoms with E-state index in [9.17, 15) is 0 Å². The number of oxazole rings is 1. The number of rotatable bonds is 7. The molecule has 29 heavy (non-hydrogen) atoms. The molecule has 1 fully saturated rings. The topological polar surface area (TPSA) is 65.7 Å². The SMILES string of the molecule is CCNC(=NCc1ccccc1CN1CCCCCC1)NCc1nc(C)c(C)o1. The van der Waals surface area contributed by atoms with Crippen molar-refractivity contribution in [3.63, 3.8) is 0 Å². The van der Waals surface area contributed by atoms with Crippen molar-refractivity contribution in [3.8, 4) is 0 Å². The summed E-state index contributed by atoms with van der Waals surface area (Å²) in [5.41, 5.74) is 3.61. The van der Waals surface area contributed by atoms with Crippen molar-refractivity contribution in [3.05, 3.63) is 52.7 Å². The molecule has 0 atom stereocenters. The first-order valence-electron chi connectivity index (χ1n) is 10.9. The highest BCUT2D eigenvalue weighted by Gasteiger charge is 2.12. The third kappa shape index (κ3) is 6.60. The van der Waals surface area contributed by atoms with Gasteiger partial charge in [-0.15, -0.1) is 0 Å². The van der Waals surface area contributed by atoms with Gasteiger partial charge in [0.2, 0.25) is 5.89 Å². The predicted molar refractivity (Wildman–Crippen MR) is 118 cm³/mol. The van der Waals surface area contributed by atoms with Gasteiger partial charge in [0.25, 0.3) is 0 Å². The van der Waals surface area contributed by atoms with Crippen molar-refractivity contribution >= 4 is 5.96 Å². The number of nitrogens with zero attached hydrogens (tertiary/aromatic N) is 3. The maximum absolute atomic E-state index is 5.66. The molecule has 6 heteroatoms. The minimum Gasteiger partial charge on any atom is -0.444 e. The van der Waals surface area contributed by atoms with E-state index >= 15 is 0 Å². The molecular weight excluding hydrogens is 362 g/mol. The molecule has 0 saturated carbocycles. The maximum Gasteiger partial charge on any atom is 0.214 e. The largest absolute Gasteiger partial charge is 0.444 e. The zero-order valence-electron chi connectivity index (χ0n) is 18.1. The Balaban J connectivity index is 1.63. The summed E-state index contributed by atoms with van der Waals surface area (Å²) in [5.74, 6) is 2.34. The van der Waals surface area contributed by atoms with Crippen LogP contribution in [0.5, 0.6) is 0 Å². The first-order chi connectivity index (χ1) is 14.2. The maximum atomic E-state index is 5.66. The van der Waals surface area contributed by atoms with Crippen LogP contribution in [0.1, 0.15) is 61.1 Å². The van der Waals surface area contributed by atoms with E-state index in [1.807, 2.05) is 13.8 Å². The molecule has 3 rings (SSSR count). The molecule has 0 radical (unpaired) electrons. The number of nitrogens with one attached hydrogen (secondary N) is 2. The van der Waals surface area contributed by atoms with Gasteiger partial charge in [-0.25, -0.2) is 9.98 Å². The van der Waals surface area contributed by atoms with Gasteiger partial charge in [0.15, 0.2) is 5.96 Å². The quantitative estimate of drug-likeness (QED) is 0.547. The monoisotopic (exact) mass is 397 g/mol. The normalized spacial score (nSPS) is 15.9. The highest BCUT2D eigenvalue weighted by molar-refractivity contribution is 5.79. The van der Waals surface area contributed by atoms with E-state index < -0.39 is 0 Å². The third-order valence-corrected chi connectivity index (χ3v) is 5.44. The average Bonchev–Trinajstić information content (AvgIpc) is 2.89.